The molecule has 1 N–H and O–H groups in total. The van der Waals surface area contributed by atoms with Gasteiger partial charge in [0.25, 0.3) is 0 Å². The zero-order chi connectivity index (χ0) is 7.28. The average molecular weight is 131 g/mol. The summed E-state index contributed by atoms with van der Waals surface area (Å²) in [4.78, 5) is 10.1. The predicted molar refractivity (Wildman–Crippen MR) is 36.4 cm³/mol. The molecule has 3 heteroatoms. The number of hydrogen-bond acceptors (Lipinski definition) is 1. The van der Waals surface area contributed by atoms with E-state index in [9.17, 15) is 4.91 Å². The lowest BCUT2D eigenvalue weighted by Gasteiger charge is -2.08. The van der Waals surface area contributed by atoms with Crippen LogP contribution in [0.15, 0.2) is 0 Å². The van der Waals surface area contributed by atoms with Crippen molar-refractivity contribution in [1.29, 1.82) is 0 Å². The molecule has 0 rings (SSSR count). The van der Waals surface area contributed by atoms with Gasteiger partial charge in [0.05, 0.1) is 13.1 Å². The zero-order valence-corrected chi connectivity index (χ0v) is 6.35. The van der Waals surface area contributed by atoms with Crippen LogP contribution < -0.4 is 5.29 Å². The van der Waals surface area contributed by atoms with Crippen LogP contribution in [0.3, 0.4) is 0 Å². The molecule has 0 aromatic rings. The van der Waals surface area contributed by atoms with Gasteiger partial charge in [-0.25, -0.2) is 0 Å². The van der Waals surface area contributed by atoms with Gasteiger partial charge in [0.2, 0.25) is 0 Å². The summed E-state index contributed by atoms with van der Waals surface area (Å²) < 4.78 is 0. The molecular weight excluding hydrogens is 116 g/mol. The van der Waals surface area contributed by atoms with Gasteiger partial charge in [-0.2, -0.15) is 0 Å². The Morgan fingerprint density at radius 2 is 2.11 bits per heavy atom. The third-order valence-electron chi connectivity index (χ3n) is 1.10. The maximum absolute atomic E-state index is 10.1. The molecule has 0 spiro atoms. The highest BCUT2D eigenvalue weighted by molar-refractivity contribution is 4.45. The minimum atomic E-state index is 0.548. The Labute approximate surface area is 56.0 Å². The van der Waals surface area contributed by atoms with E-state index in [1.807, 2.05) is 12.2 Å². The molecule has 3 nitrogen and oxygen atoms in total. The lowest BCUT2D eigenvalue weighted by atomic mass is 10.2. The maximum atomic E-state index is 10.1. The molecule has 0 heterocycles. The van der Waals surface area contributed by atoms with E-state index in [0.717, 1.165) is 13.1 Å². The van der Waals surface area contributed by atoms with Crippen LogP contribution >= 0.6 is 0 Å². The molecule has 0 bridgehead atoms. The lowest BCUT2D eigenvalue weighted by molar-refractivity contribution is -0.664. The Morgan fingerprint density at radius 1 is 1.56 bits per heavy atom. The minimum Gasteiger partial charge on any atom is -0.143 e. The van der Waals surface area contributed by atoms with Crippen LogP contribution in [0.5, 0.6) is 0 Å². The SMILES string of the molecule is CCN(CC(C)C)[NH+]=O. The van der Waals surface area contributed by atoms with Crippen molar-refractivity contribution >= 4 is 0 Å². The van der Waals surface area contributed by atoms with Crippen molar-refractivity contribution in [1.82, 2.24) is 5.01 Å². The molecule has 0 atom stereocenters. The predicted octanol–water partition coefficient (Wildman–Crippen LogP) is -0.274. The molecule has 0 aromatic carbocycles. The average Bonchev–Trinajstić information content (AvgIpc) is 1.82. The fourth-order valence-electron chi connectivity index (χ4n) is 0.672. The van der Waals surface area contributed by atoms with Crippen molar-refractivity contribution in [2.75, 3.05) is 13.1 Å². The van der Waals surface area contributed by atoms with Crippen molar-refractivity contribution in [3.05, 3.63) is 4.91 Å². The molecule has 0 aliphatic rings. The third-order valence-corrected chi connectivity index (χ3v) is 1.10. The van der Waals surface area contributed by atoms with Gasteiger partial charge < -0.3 is 0 Å². The van der Waals surface area contributed by atoms with Gasteiger partial charge in [0.1, 0.15) is 5.29 Å². The molecule has 0 fully saturated rings. The summed E-state index contributed by atoms with van der Waals surface area (Å²) >= 11 is 0. The van der Waals surface area contributed by atoms with Gasteiger partial charge in [-0.15, -0.1) is 5.01 Å². The molecular formula is C6H15N2O+. The van der Waals surface area contributed by atoms with Crippen LogP contribution in [0.25, 0.3) is 0 Å². The fourth-order valence-corrected chi connectivity index (χ4v) is 0.672. The van der Waals surface area contributed by atoms with Crippen LogP contribution in [0, 0.1) is 10.8 Å². The highest BCUT2D eigenvalue weighted by Gasteiger charge is 2.05. The van der Waals surface area contributed by atoms with E-state index in [-0.39, 0.29) is 0 Å². The van der Waals surface area contributed by atoms with Gasteiger partial charge >= 0.3 is 0 Å². The van der Waals surface area contributed by atoms with Gasteiger partial charge in [0, 0.05) is 4.91 Å². The minimum absolute atomic E-state index is 0.548. The van der Waals surface area contributed by atoms with E-state index in [1.54, 1.807) is 5.01 Å². The number of rotatable bonds is 4. The number of hydrogen-bond donors (Lipinski definition) is 1. The Kier molecular flexibility index (Phi) is 4.01. The van der Waals surface area contributed by atoms with Crippen LogP contribution in [0.2, 0.25) is 0 Å². The molecule has 0 saturated carbocycles. The zero-order valence-electron chi connectivity index (χ0n) is 6.35. The van der Waals surface area contributed by atoms with Crippen molar-refractivity contribution in [2.24, 2.45) is 5.92 Å². The summed E-state index contributed by atoms with van der Waals surface area (Å²) in [5.41, 5.74) is 0. The monoisotopic (exact) mass is 131 g/mol. The first-order valence-electron chi connectivity index (χ1n) is 3.33. The van der Waals surface area contributed by atoms with Gasteiger partial charge in [0.15, 0.2) is 0 Å². The summed E-state index contributed by atoms with van der Waals surface area (Å²) in [5, 5.41) is 3.51. The summed E-state index contributed by atoms with van der Waals surface area (Å²) in [5.74, 6) is 0.548. The summed E-state index contributed by atoms with van der Waals surface area (Å²) in [7, 11) is 0. The van der Waals surface area contributed by atoms with E-state index >= 15 is 0 Å². The number of nitroso groups, excluding NO2 is 1. The van der Waals surface area contributed by atoms with Crippen LogP contribution in [-0.4, -0.2) is 18.1 Å². The largest absolute Gasteiger partial charge is 0.143 e. The molecule has 0 aromatic heterocycles. The van der Waals surface area contributed by atoms with Crippen molar-refractivity contribution in [3.63, 3.8) is 0 Å². The second-order valence-electron chi connectivity index (χ2n) is 2.52. The van der Waals surface area contributed by atoms with Crippen LogP contribution in [0.1, 0.15) is 20.8 Å². The van der Waals surface area contributed by atoms with E-state index in [1.165, 1.54) is 0 Å². The van der Waals surface area contributed by atoms with E-state index < -0.39 is 0 Å². The van der Waals surface area contributed by atoms with Crippen molar-refractivity contribution < 1.29 is 5.29 Å². The standard InChI is InChI=1S/C6H14N2O/c1-4-8(7-9)5-6(2)3/h6H,4-5H2,1-3H3/p+1. The number of hydrazine groups is 1. The summed E-state index contributed by atoms with van der Waals surface area (Å²) in [6.07, 6.45) is 0. The Bertz CT molecular complexity index is 83.1. The van der Waals surface area contributed by atoms with Crippen LogP contribution in [-0.2, 0) is 0 Å². The topological polar surface area (TPSA) is 34.3 Å². The maximum Gasteiger partial charge on any atom is 0.102 e. The second-order valence-corrected chi connectivity index (χ2v) is 2.52. The van der Waals surface area contributed by atoms with Gasteiger partial charge in [-0.3, -0.25) is 0 Å². The first-order valence-corrected chi connectivity index (χ1v) is 3.33. The molecule has 0 aliphatic heterocycles. The third kappa shape index (κ3) is 3.94. The van der Waals surface area contributed by atoms with E-state index in [0.29, 0.717) is 5.92 Å². The van der Waals surface area contributed by atoms with Gasteiger partial charge in [-0.1, -0.05) is 13.8 Å². The van der Waals surface area contributed by atoms with Crippen LogP contribution in [0.4, 0.5) is 0 Å². The Hall–Kier alpha value is -0.600. The second kappa shape index (κ2) is 4.30. The summed E-state index contributed by atoms with van der Waals surface area (Å²) in [6.45, 7) is 7.70. The lowest BCUT2D eigenvalue weighted by Crippen LogP contribution is -2.78. The number of nitrogens with one attached hydrogen (secondary N) is 1. The Balaban J connectivity index is 3.42. The highest BCUT2D eigenvalue weighted by Crippen LogP contribution is 1.90. The normalized spacial score (nSPS) is 9.78. The highest BCUT2D eigenvalue weighted by atomic mass is 16.3. The molecule has 54 valence electrons. The first-order chi connectivity index (χ1) is 4.20. The van der Waals surface area contributed by atoms with Crippen molar-refractivity contribution in [2.45, 2.75) is 20.8 Å². The van der Waals surface area contributed by atoms with Gasteiger partial charge in [-0.05, 0) is 12.8 Å². The van der Waals surface area contributed by atoms with Crippen molar-refractivity contribution in [3.8, 4) is 0 Å². The first kappa shape index (κ1) is 8.40. The molecule has 0 amide bonds. The van der Waals surface area contributed by atoms with E-state index in [4.69, 9.17) is 0 Å². The molecule has 0 aliphatic carbocycles. The molecule has 0 unspecified atom stereocenters. The fraction of sp³-hybridized carbons (Fsp3) is 1.00. The molecule has 0 radical (unpaired) electrons. The van der Waals surface area contributed by atoms with E-state index in [2.05, 4.69) is 13.8 Å². The molecule has 0 saturated heterocycles. The number of nitrogens with zero attached hydrogens (tertiary/aromatic N) is 1. The summed E-state index contributed by atoms with van der Waals surface area (Å²) in [6, 6.07) is 0. The Morgan fingerprint density at radius 3 is 2.22 bits per heavy atom. The quantitative estimate of drug-likeness (QED) is 0.533. The molecule has 9 heavy (non-hydrogen) atoms. The smallest absolute Gasteiger partial charge is 0.102 e.